The quantitative estimate of drug-likeness (QED) is 0.594. The second-order valence-corrected chi connectivity index (χ2v) is 8.08. The van der Waals surface area contributed by atoms with E-state index in [1.165, 1.54) is 43.6 Å². The first-order chi connectivity index (χ1) is 12.8. The second kappa shape index (κ2) is 9.75. The summed E-state index contributed by atoms with van der Waals surface area (Å²) in [6, 6.07) is 14.2. The van der Waals surface area contributed by atoms with E-state index in [9.17, 15) is 5.26 Å². The standard InChI is InChI=1S/C22H28N2OS/c1-2-3-6-12-24-13-11-20(22-10-7-14-26-22)19(16-24)17-25-21-9-5-4-8-18(21)15-23/h4-5,7-10,14,19-20H,2-3,6,11-13,16-17H2,1H3. The number of thiophene rings is 1. The molecule has 2 aromatic rings. The van der Waals surface area contributed by atoms with Crippen molar-refractivity contribution in [1.82, 2.24) is 4.90 Å². The summed E-state index contributed by atoms with van der Waals surface area (Å²) in [5, 5.41) is 11.5. The number of benzene rings is 1. The highest BCUT2D eigenvalue weighted by molar-refractivity contribution is 7.10. The number of rotatable bonds is 8. The SMILES string of the molecule is CCCCCN1CCC(c2cccs2)C(COc2ccccc2C#N)C1. The van der Waals surface area contributed by atoms with Crippen LogP contribution in [0.4, 0.5) is 0 Å². The minimum absolute atomic E-state index is 0.468. The van der Waals surface area contributed by atoms with E-state index in [0.29, 0.717) is 29.8 Å². The first kappa shape index (κ1) is 18.9. The Morgan fingerprint density at radius 2 is 2.12 bits per heavy atom. The van der Waals surface area contributed by atoms with Crippen molar-refractivity contribution in [3.05, 3.63) is 52.2 Å². The van der Waals surface area contributed by atoms with Gasteiger partial charge in [0.15, 0.2) is 0 Å². The van der Waals surface area contributed by atoms with Crippen molar-refractivity contribution >= 4 is 11.3 Å². The Bertz CT molecular complexity index is 707. The number of hydrogen-bond acceptors (Lipinski definition) is 4. The van der Waals surface area contributed by atoms with Gasteiger partial charge in [0.25, 0.3) is 0 Å². The average Bonchev–Trinajstić information content (AvgIpc) is 3.21. The maximum atomic E-state index is 9.28. The highest BCUT2D eigenvalue weighted by atomic mass is 32.1. The Kier molecular flexibility index (Phi) is 7.11. The van der Waals surface area contributed by atoms with Gasteiger partial charge in [0.1, 0.15) is 11.8 Å². The summed E-state index contributed by atoms with van der Waals surface area (Å²) in [5.41, 5.74) is 0.621. The van der Waals surface area contributed by atoms with E-state index in [1.807, 2.05) is 35.6 Å². The van der Waals surface area contributed by atoms with Crippen LogP contribution in [0.2, 0.25) is 0 Å². The highest BCUT2D eigenvalue weighted by Crippen LogP contribution is 2.36. The van der Waals surface area contributed by atoms with E-state index in [0.717, 1.165) is 6.54 Å². The lowest BCUT2D eigenvalue weighted by atomic mass is 9.84. The van der Waals surface area contributed by atoms with Crippen molar-refractivity contribution in [3.63, 3.8) is 0 Å². The number of likely N-dealkylation sites (tertiary alicyclic amines) is 1. The van der Waals surface area contributed by atoms with E-state index < -0.39 is 0 Å². The Labute approximate surface area is 161 Å². The third-order valence-electron chi connectivity index (χ3n) is 5.27. The van der Waals surface area contributed by atoms with Crippen molar-refractivity contribution in [3.8, 4) is 11.8 Å². The maximum Gasteiger partial charge on any atom is 0.137 e. The minimum atomic E-state index is 0.468. The minimum Gasteiger partial charge on any atom is -0.492 e. The van der Waals surface area contributed by atoms with E-state index in [2.05, 4.69) is 35.4 Å². The summed E-state index contributed by atoms with van der Waals surface area (Å²) >= 11 is 1.86. The summed E-state index contributed by atoms with van der Waals surface area (Å²) in [6.45, 7) is 6.38. The van der Waals surface area contributed by atoms with Gasteiger partial charge in [-0.25, -0.2) is 0 Å². The molecule has 2 unspecified atom stereocenters. The molecule has 0 radical (unpaired) electrons. The van der Waals surface area contributed by atoms with Gasteiger partial charge in [-0.3, -0.25) is 0 Å². The Morgan fingerprint density at radius 1 is 1.23 bits per heavy atom. The molecule has 1 aliphatic heterocycles. The van der Waals surface area contributed by atoms with Gasteiger partial charge in [-0.2, -0.15) is 5.26 Å². The summed E-state index contributed by atoms with van der Waals surface area (Å²) in [4.78, 5) is 4.07. The van der Waals surface area contributed by atoms with Crippen molar-refractivity contribution in [2.75, 3.05) is 26.2 Å². The molecule has 26 heavy (non-hydrogen) atoms. The number of unbranched alkanes of at least 4 members (excludes halogenated alkanes) is 2. The molecule has 0 aliphatic carbocycles. The molecular weight excluding hydrogens is 340 g/mol. The summed E-state index contributed by atoms with van der Waals surface area (Å²) < 4.78 is 6.13. The molecule has 138 valence electrons. The first-order valence-corrected chi connectivity index (χ1v) is 10.6. The molecule has 2 heterocycles. The van der Waals surface area contributed by atoms with Crippen LogP contribution in [0.3, 0.4) is 0 Å². The van der Waals surface area contributed by atoms with Crippen LogP contribution in [-0.2, 0) is 0 Å². The first-order valence-electron chi connectivity index (χ1n) is 9.69. The van der Waals surface area contributed by atoms with E-state index >= 15 is 0 Å². The molecule has 2 atom stereocenters. The van der Waals surface area contributed by atoms with Crippen LogP contribution in [-0.4, -0.2) is 31.1 Å². The number of para-hydroxylation sites is 1. The van der Waals surface area contributed by atoms with Crippen LogP contribution in [0.25, 0.3) is 0 Å². The molecule has 1 saturated heterocycles. The Balaban J connectivity index is 1.67. The molecule has 1 aliphatic rings. The van der Waals surface area contributed by atoms with E-state index in [-0.39, 0.29) is 0 Å². The van der Waals surface area contributed by atoms with Crippen molar-refractivity contribution in [2.24, 2.45) is 5.92 Å². The second-order valence-electron chi connectivity index (χ2n) is 7.10. The normalized spacial score (nSPS) is 20.6. The molecule has 1 aromatic heterocycles. The summed E-state index contributed by atoms with van der Waals surface area (Å²) in [7, 11) is 0. The largest absolute Gasteiger partial charge is 0.492 e. The van der Waals surface area contributed by atoms with Gasteiger partial charge in [-0.05, 0) is 49.5 Å². The van der Waals surface area contributed by atoms with Crippen LogP contribution in [0, 0.1) is 17.2 Å². The molecule has 0 N–H and O–H groups in total. The van der Waals surface area contributed by atoms with Crippen LogP contribution in [0.15, 0.2) is 41.8 Å². The zero-order chi connectivity index (χ0) is 18.2. The van der Waals surface area contributed by atoms with E-state index in [1.54, 1.807) is 0 Å². The van der Waals surface area contributed by atoms with Crippen molar-refractivity contribution < 1.29 is 4.74 Å². The number of piperidine rings is 1. The predicted molar refractivity (Wildman–Crippen MR) is 108 cm³/mol. The van der Waals surface area contributed by atoms with Gasteiger partial charge in [-0.15, -0.1) is 11.3 Å². The topological polar surface area (TPSA) is 36.3 Å². The zero-order valence-corrected chi connectivity index (χ0v) is 16.4. The lowest BCUT2D eigenvalue weighted by Crippen LogP contribution is -2.42. The Morgan fingerprint density at radius 3 is 2.88 bits per heavy atom. The zero-order valence-electron chi connectivity index (χ0n) is 15.6. The Hall–Kier alpha value is -1.83. The van der Waals surface area contributed by atoms with E-state index in [4.69, 9.17) is 4.74 Å². The fraction of sp³-hybridized carbons (Fsp3) is 0.500. The molecule has 0 bridgehead atoms. The maximum absolute atomic E-state index is 9.28. The van der Waals surface area contributed by atoms with Crippen molar-refractivity contribution in [1.29, 1.82) is 5.26 Å². The van der Waals surface area contributed by atoms with Gasteiger partial charge in [0.2, 0.25) is 0 Å². The fourth-order valence-electron chi connectivity index (χ4n) is 3.82. The molecular formula is C22H28N2OS. The smallest absolute Gasteiger partial charge is 0.137 e. The summed E-state index contributed by atoms with van der Waals surface area (Å²) in [5.74, 6) is 1.74. The van der Waals surface area contributed by atoms with Crippen LogP contribution >= 0.6 is 11.3 Å². The van der Waals surface area contributed by atoms with Crippen LogP contribution in [0.5, 0.6) is 5.75 Å². The monoisotopic (exact) mass is 368 g/mol. The summed E-state index contributed by atoms with van der Waals surface area (Å²) in [6.07, 6.45) is 5.05. The fourth-order valence-corrected chi connectivity index (χ4v) is 4.78. The number of nitrogens with zero attached hydrogens (tertiary/aromatic N) is 2. The third kappa shape index (κ3) is 4.87. The number of ether oxygens (including phenoxy) is 1. The van der Waals surface area contributed by atoms with Crippen molar-refractivity contribution in [2.45, 2.75) is 38.5 Å². The molecule has 0 spiro atoms. The van der Waals surface area contributed by atoms with Crippen LogP contribution < -0.4 is 4.74 Å². The van der Waals surface area contributed by atoms with Gasteiger partial charge in [-0.1, -0.05) is 38.0 Å². The van der Waals surface area contributed by atoms with Gasteiger partial charge in [0.05, 0.1) is 12.2 Å². The van der Waals surface area contributed by atoms with Crippen LogP contribution in [0.1, 0.15) is 49.0 Å². The van der Waals surface area contributed by atoms with Gasteiger partial charge >= 0.3 is 0 Å². The number of hydrogen-bond donors (Lipinski definition) is 0. The predicted octanol–water partition coefficient (Wildman–Crippen LogP) is 5.29. The van der Waals surface area contributed by atoms with Gasteiger partial charge < -0.3 is 9.64 Å². The molecule has 4 heteroatoms. The molecule has 3 rings (SSSR count). The average molecular weight is 369 g/mol. The molecule has 1 fully saturated rings. The lowest BCUT2D eigenvalue weighted by Gasteiger charge is -2.38. The highest BCUT2D eigenvalue weighted by Gasteiger charge is 2.31. The lowest BCUT2D eigenvalue weighted by molar-refractivity contribution is 0.110. The molecule has 1 aromatic carbocycles. The molecule has 3 nitrogen and oxygen atoms in total. The number of nitriles is 1. The molecule has 0 saturated carbocycles. The molecule has 0 amide bonds. The third-order valence-corrected chi connectivity index (χ3v) is 6.27. The van der Waals surface area contributed by atoms with Gasteiger partial charge in [0, 0.05) is 23.3 Å².